The van der Waals surface area contributed by atoms with Crippen LogP contribution in [0.3, 0.4) is 0 Å². The Kier molecular flexibility index (Phi) is 8.27. The summed E-state index contributed by atoms with van der Waals surface area (Å²) < 4.78 is 24.1. The molecule has 0 spiro atoms. The van der Waals surface area contributed by atoms with Gasteiger partial charge in [-0.25, -0.2) is 4.98 Å². The number of aromatic nitrogens is 1. The van der Waals surface area contributed by atoms with E-state index in [1.165, 1.54) is 11.3 Å². The molecule has 3 aliphatic rings. The van der Waals surface area contributed by atoms with Crippen molar-refractivity contribution < 1.29 is 23.3 Å². The van der Waals surface area contributed by atoms with Crippen LogP contribution in [-0.4, -0.2) is 57.5 Å². The molecular weight excluding hydrogens is 546 g/mol. The average Bonchev–Trinajstić information content (AvgIpc) is 3.71. The number of thiazole rings is 1. The van der Waals surface area contributed by atoms with Crippen molar-refractivity contribution in [3.8, 4) is 10.8 Å². The van der Waals surface area contributed by atoms with Gasteiger partial charge in [0.1, 0.15) is 5.75 Å². The van der Waals surface area contributed by atoms with E-state index in [0.29, 0.717) is 33.8 Å². The highest BCUT2D eigenvalue weighted by molar-refractivity contribution is 7.86. The van der Waals surface area contributed by atoms with Crippen LogP contribution in [0.25, 0.3) is 0 Å². The summed E-state index contributed by atoms with van der Waals surface area (Å²) in [4.78, 5) is 33.2. The second-order valence-electron chi connectivity index (χ2n) is 10.7. The van der Waals surface area contributed by atoms with Crippen LogP contribution in [0.5, 0.6) is 10.8 Å². The Morgan fingerprint density at radius 1 is 1.10 bits per heavy atom. The third-order valence-electron chi connectivity index (χ3n) is 7.73. The van der Waals surface area contributed by atoms with Gasteiger partial charge in [0.25, 0.3) is 5.91 Å². The molecule has 3 aromatic rings. The smallest absolute Gasteiger partial charge is 0.253 e. The molecule has 1 aromatic heterocycles. The molecule has 2 saturated heterocycles. The van der Waals surface area contributed by atoms with Gasteiger partial charge in [0.05, 0.1) is 22.9 Å². The van der Waals surface area contributed by atoms with E-state index in [9.17, 15) is 13.8 Å². The standard InChI is InChI=1S/C30H33N3O5S2/c34-28(26(17-20-11-15-37-16-12-20)21-5-7-24(8-6-21)40(36)25-9-10-25)32-30-31-19-27(39-30)38-23-4-1-3-22(18-23)29(35)33-13-2-14-33/h1,3-8,18-20,25-26H,2,9-17H2,(H,31,32,34)/t26-,40?/m1/s1. The quantitative estimate of drug-likeness (QED) is 0.336. The van der Waals surface area contributed by atoms with E-state index in [0.717, 1.165) is 68.9 Å². The number of carbonyl (C=O) groups excluding carboxylic acids is 2. The second-order valence-corrected chi connectivity index (χ2v) is 13.4. The minimum absolute atomic E-state index is 0.0105. The Morgan fingerprint density at radius 2 is 1.88 bits per heavy atom. The van der Waals surface area contributed by atoms with E-state index in [-0.39, 0.29) is 23.0 Å². The molecular formula is C30H33N3O5S2. The summed E-state index contributed by atoms with van der Waals surface area (Å²) in [6.45, 7) is 3.02. The van der Waals surface area contributed by atoms with E-state index < -0.39 is 10.8 Å². The first-order chi connectivity index (χ1) is 19.5. The number of amides is 2. The normalized spacial score (nSPS) is 18.9. The summed E-state index contributed by atoms with van der Waals surface area (Å²) >= 11 is 1.25. The predicted octanol–water partition coefficient (Wildman–Crippen LogP) is 5.59. The number of rotatable bonds is 10. The third kappa shape index (κ3) is 6.45. The van der Waals surface area contributed by atoms with Crippen molar-refractivity contribution in [2.45, 2.75) is 54.6 Å². The van der Waals surface area contributed by atoms with Crippen molar-refractivity contribution in [1.29, 1.82) is 0 Å². The van der Waals surface area contributed by atoms with Crippen LogP contribution in [0.15, 0.2) is 59.6 Å². The van der Waals surface area contributed by atoms with Crippen molar-refractivity contribution >= 4 is 39.1 Å². The van der Waals surface area contributed by atoms with Crippen molar-refractivity contribution in [3.05, 3.63) is 65.9 Å². The number of nitrogens with zero attached hydrogens (tertiary/aromatic N) is 2. The van der Waals surface area contributed by atoms with Gasteiger partial charge in [0, 0.05) is 42.0 Å². The van der Waals surface area contributed by atoms with Crippen molar-refractivity contribution in [3.63, 3.8) is 0 Å². The summed E-state index contributed by atoms with van der Waals surface area (Å²) in [6, 6.07) is 14.8. The topological polar surface area (TPSA) is 97.8 Å². The Balaban J connectivity index is 1.13. The Morgan fingerprint density at radius 3 is 2.58 bits per heavy atom. The summed E-state index contributed by atoms with van der Waals surface area (Å²) in [5.74, 6) is 0.478. The maximum Gasteiger partial charge on any atom is 0.253 e. The van der Waals surface area contributed by atoms with Crippen LogP contribution in [0.4, 0.5) is 5.13 Å². The average molecular weight is 580 g/mol. The monoisotopic (exact) mass is 579 g/mol. The first-order valence-corrected chi connectivity index (χ1v) is 16.0. The molecule has 2 aromatic carbocycles. The molecule has 3 fully saturated rings. The fourth-order valence-corrected chi connectivity index (χ4v) is 7.13. The summed E-state index contributed by atoms with van der Waals surface area (Å²) in [5.41, 5.74) is 1.51. The van der Waals surface area contributed by atoms with E-state index in [1.54, 1.807) is 30.5 Å². The van der Waals surface area contributed by atoms with Crippen LogP contribution in [0.2, 0.25) is 0 Å². The SMILES string of the molecule is O=C(Nc1ncc(Oc2cccc(C(=O)N3CCC3)c2)s1)[C@H](CC1CCOCC1)c1ccc(S(=O)C2CC2)cc1. The van der Waals surface area contributed by atoms with Crippen molar-refractivity contribution in [2.24, 2.45) is 5.92 Å². The van der Waals surface area contributed by atoms with Crippen molar-refractivity contribution in [1.82, 2.24) is 9.88 Å². The molecule has 2 atom stereocenters. The number of benzene rings is 2. The highest BCUT2D eigenvalue weighted by Crippen LogP contribution is 2.35. The minimum atomic E-state index is -0.973. The van der Waals surface area contributed by atoms with Gasteiger partial charge in [-0.1, -0.05) is 29.5 Å². The van der Waals surface area contributed by atoms with E-state index in [2.05, 4.69) is 10.3 Å². The van der Waals surface area contributed by atoms with E-state index in [4.69, 9.17) is 9.47 Å². The molecule has 1 unspecified atom stereocenters. The molecule has 1 N–H and O–H groups in total. The van der Waals surface area contributed by atoms with E-state index in [1.807, 2.05) is 29.2 Å². The first kappa shape index (κ1) is 27.1. The number of carbonyl (C=O) groups is 2. The molecule has 2 amide bonds. The summed E-state index contributed by atoms with van der Waals surface area (Å²) in [7, 11) is -0.973. The van der Waals surface area contributed by atoms with Gasteiger partial charge in [0.2, 0.25) is 11.0 Å². The number of nitrogens with one attached hydrogen (secondary N) is 1. The van der Waals surface area contributed by atoms with Gasteiger partial charge >= 0.3 is 0 Å². The van der Waals surface area contributed by atoms with Crippen LogP contribution >= 0.6 is 11.3 Å². The predicted molar refractivity (Wildman–Crippen MR) is 155 cm³/mol. The Labute approximate surface area is 240 Å². The number of anilines is 1. The molecule has 1 aliphatic carbocycles. The fraction of sp³-hybridized carbons (Fsp3) is 0.433. The second kappa shape index (κ2) is 12.2. The Bertz CT molecular complexity index is 1380. The zero-order chi connectivity index (χ0) is 27.5. The van der Waals surface area contributed by atoms with Crippen molar-refractivity contribution in [2.75, 3.05) is 31.6 Å². The molecule has 1 saturated carbocycles. The molecule has 2 aliphatic heterocycles. The summed E-state index contributed by atoms with van der Waals surface area (Å²) in [6.07, 6.45) is 7.24. The van der Waals surface area contributed by atoms with Crippen LogP contribution in [0, 0.1) is 5.92 Å². The lowest BCUT2D eigenvalue weighted by atomic mass is 9.84. The molecule has 3 heterocycles. The van der Waals surface area contributed by atoms with Gasteiger partial charge < -0.3 is 19.7 Å². The van der Waals surface area contributed by atoms with Gasteiger partial charge in [-0.3, -0.25) is 13.8 Å². The zero-order valence-corrected chi connectivity index (χ0v) is 23.9. The van der Waals surface area contributed by atoms with Crippen LogP contribution in [-0.2, 0) is 20.3 Å². The summed E-state index contributed by atoms with van der Waals surface area (Å²) in [5, 5.41) is 4.25. The van der Waals surface area contributed by atoms with Crippen LogP contribution in [0.1, 0.15) is 60.4 Å². The minimum Gasteiger partial charge on any atom is -0.445 e. The maximum atomic E-state index is 13.6. The number of likely N-dealkylation sites (tertiary alicyclic amines) is 1. The van der Waals surface area contributed by atoms with Gasteiger partial charge in [-0.2, -0.15) is 0 Å². The largest absolute Gasteiger partial charge is 0.445 e. The van der Waals surface area contributed by atoms with Gasteiger partial charge in [-0.15, -0.1) is 0 Å². The van der Waals surface area contributed by atoms with Crippen LogP contribution < -0.4 is 10.1 Å². The highest BCUT2D eigenvalue weighted by Gasteiger charge is 2.30. The first-order valence-electron chi connectivity index (χ1n) is 14.0. The number of ether oxygens (including phenoxy) is 2. The fourth-order valence-electron chi connectivity index (χ4n) is 5.09. The zero-order valence-electron chi connectivity index (χ0n) is 22.3. The number of hydrogen-bond acceptors (Lipinski definition) is 7. The molecule has 40 heavy (non-hydrogen) atoms. The molecule has 6 rings (SSSR count). The van der Waals surface area contributed by atoms with Gasteiger partial charge in [0.15, 0.2) is 5.13 Å². The Hall–Kier alpha value is -3.08. The third-order valence-corrected chi connectivity index (χ3v) is 10.3. The lowest BCUT2D eigenvalue weighted by molar-refractivity contribution is -0.118. The van der Waals surface area contributed by atoms with E-state index >= 15 is 0 Å². The molecule has 8 nitrogen and oxygen atoms in total. The molecule has 0 radical (unpaired) electrons. The highest BCUT2D eigenvalue weighted by atomic mass is 32.2. The molecule has 210 valence electrons. The molecule has 0 bridgehead atoms. The number of hydrogen-bond donors (Lipinski definition) is 1. The lowest BCUT2D eigenvalue weighted by Crippen LogP contribution is -2.41. The van der Waals surface area contributed by atoms with Gasteiger partial charge in [-0.05, 0) is 80.3 Å². The maximum absolute atomic E-state index is 13.6. The molecule has 10 heteroatoms. The lowest BCUT2D eigenvalue weighted by Gasteiger charge is -2.30.